The van der Waals surface area contributed by atoms with Gasteiger partial charge in [-0.25, -0.2) is 0 Å². The van der Waals surface area contributed by atoms with E-state index in [0.717, 1.165) is 5.56 Å². The van der Waals surface area contributed by atoms with Crippen molar-refractivity contribution >= 4 is 28.9 Å². The van der Waals surface area contributed by atoms with E-state index in [9.17, 15) is 15.3 Å². The number of aryl methyl sites for hydroxylation is 1. The molecular weight excluding hydrogens is 398 g/mol. The number of fused-ring (bicyclic) bond motifs is 5. The number of hydrogen-bond acceptors (Lipinski definition) is 9. The minimum absolute atomic E-state index is 0.242. The summed E-state index contributed by atoms with van der Waals surface area (Å²) in [6.07, 6.45) is 0. The topological polar surface area (TPSA) is 158 Å². The van der Waals surface area contributed by atoms with Crippen molar-refractivity contribution in [3.63, 3.8) is 0 Å². The number of carbonyl (C=O) groups is 1. The molecule has 1 fully saturated rings. The number of aliphatic imine (C=N–C) groups is 1. The molecule has 10 heteroatoms. The van der Waals surface area contributed by atoms with Crippen molar-refractivity contribution < 1.29 is 14.5 Å². The molecule has 1 saturated carbocycles. The van der Waals surface area contributed by atoms with Crippen molar-refractivity contribution in [3.8, 4) is 12.1 Å². The highest BCUT2D eigenvalue weighted by atomic mass is 16.8. The number of hydrogen-bond donors (Lipinski definition) is 2. The Hall–Kier alpha value is -3.92. The predicted octanol–water partition coefficient (Wildman–Crippen LogP) is 2.07. The van der Waals surface area contributed by atoms with Gasteiger partial charge in [-0.15, -0.1) is 0 Å². The van der Waals surface area contributed by atoms with E-state index in [1.807, 2.05) is 13.0 Å². The number of nitrogens with zero attached hydrogens (tertiary/aromatic N) is 5. The first-order valence-electron chi connectivity index (χ1n) is 9.60. The molecule has 31 heavy (non-hydrogen) atoms. The summed E-state index contributed by atoms with van der Waals surface area (Å²) in [5, 5.41) is 31.5. The van der Waals surface area contributed by atoms with E-state index in [1.54, 1.807) is 39.8 Å². The number of nitriles is 2. The Bertz CT molecular complexity index is 1180. The van der Waals surface area contributed by atoms with Crippen molar-refractivity contribution in [2.75, 3.05) is 5.32 Å². The molecule has 4 rings (SSSR count). The summed E-state index contributed by atoms with van der Waals surface area (Å²) in [4.78, 5) is 29.0. The third-order valence-corrected chi connectivity index (χ3v) is 5.96. The zero-order valence-electron chi connectivity index (χ0n) is 17.8. The fourth-order valence-corrected chi connectivity index (χ4v) is 4.87. The molecule has 0 saturated heterocycles. The van der Waals surface area contributed by atoms with E-state index in [1.165, 1.54) is 0 Å². The fraction of sp³-hybridized carbons (Fsp3) is 0.429. The van der Waals surface area contributed by atoms with E-state index >= 15 is 0 Å². The summed E-state index contributed by atoms with van der Waals surface area (Å²) >= 11 is 0. The minimum atomic E-state index is -2.24. The average molecular weight is 419 g/mol. The maximum Gasteiger partial charge on any atom is 0.422 e. The van der Waals surface area contributed by atoms with Crippen molar-refractivity contribution in [1.29, 1.82) is 10.5 Å². The quantitative estimate of drug-likeness (QED) is 0.432. The van der Waals surface area contributed by atoms with Crippen LogP contribution < -0.4 is 11.1 Å². The molecule has 3 aliphatic rings. The Kier molecular flexibility index (Phi) is 3.97. The number of nitrogens with one attached hydrogen (secondary N) is 1. The van der Waals surface area contributed by atoms with Crippen LogP contribution in [-0.4, -0.2) is 29.1 Å². The third kappa shape index (κ3) is 1.95. The van der Waals surface area contributed by atoms with Crippen LogP contribution in [0.4, 0.5) is 5.69 Å². The zero-order chi connectivity index (χ0) is 22.8. The smallest absolute Gasteiger partial charge is 0.386 e. The molecule has 3 N–H and O–H groups in total. The summed E-state index contributed by atoms with van der Waals surface area (Å²) in [6, 6.07) is 9.54. The molecule has 1 aliphatic carbocycles. The average Bonchev–Trinajstić information content (AvgIpc) is 3.08. The number of oxime groups is 2. The minimum Gasteiger partial charge on any atom is -0.386 e. The normalized spacial score (nSPS) is 30.7. The maximum atomic E-state index is 13.5. The van der Waals surface area contributed by atoms with E-state index in [2.05, 4.69) is 32.8 Å². The maximum absolute atomic E-state index is 13.5. The van der Waals surface area contributed by atoms with Gasteiger partial charge in [0.1, 0.15) is 11.3 Å². The first-order chi connectivity index (χ1) is 14.6. The van der Waals surface area contributed by atoms with Crippen LogP contribution >= 0.6 is 0 Å². The molecule has 1 aromatic carbocycles. The molecular formula is C21H21N7O3. The number of nitrogens with two attached hydrogens (primary N) is 1. The summed E-state index contributed by atoms with van der Waals surface area (Å²) in [5.41, 5.74) is 3.56. The van der Waals surface area contributed by atoms with Crippen LogP contribution in [0.1, 0.15) is 38.8 Å². The SMILES string of the molecule is CC(C)=NOC1(ON=C(C)C)N=C(N)[C@@]2(C#N)[C@]3(C(=O)Nc4ccc(C)cc43)[C@@]12C#N. The molecule has 1 amide bonds. The summed E-state index contributed by atoms with van der Waals surface area (Å²) in [6.45, 7) is 8.53. The second-order valence-electron chi connectivity index (χ2n) is 8.32. The monoisotopic (exact) mass is 419 g/mol. The molecule has 0 radical (unpaired) electrons. The number of benzene rings is 1. The number of carbonyl (C=O) groups excluding carboxylic acids is 1. The fourth-order valence-electron chi connectivity index (χ4n) is 4.87. The van der Waals surface area contributed by atoms with Crippen molar-refractivity contribution in [3.05, 3.63) is 29.3 Å². The van der Waals surface area contributed by atoms with Gasteiger partial charge in [0.2, 0.25) is 11.3 Å². The molecule has 10 nitrogen and oxygen atoms in total. The predicted molar refractivity (Wildman–Crippen MR) is 112 cm³/mol. The lowest BCUT2D eigenvalue weighted by Crippen LogP contribution is -2.47. The molecule has 0 unspecified atom stereocenters. The van der Waals surface area contributed by atoms with Gasteiger partial charge in [-0.3, -0.25) is 4.79 Å². The van der Waals surface area contributed by atoms with E-state index in [4.69, 9.17) is 15.4 Å². The highest BCUT2D eigenvalue weighted by Gasteiger charge is 3.07. The second kappa shape index (κ2) is 6.05. The van der Waals surface area contributed by atoms with Gasteiger partial charge in [-0.2, -0.15) is 15.5 Å². The Labute approximate surface area is 179 Å². The Morgan fingerprint density at radius 1 is 1.13 bits per heavy atom. The lowest BCUT2D eigenvalue weighted by Gasteiger charge is -2.29. The van der Waals surface area contributed by atoms with Gasteiger partial charge >= 0.3 is 5.91 Å². The van der Waals surface area contributed by atoms with Crippen LogP contribution in [0.3, 0.4) is 0 Å². The Morgan fingerprint density at radius 3 is 2.26 bits per heavy atom. The van der Waals surface area contributed by atoms with E-state index < -0.39 is 28.1 Å². The van der Waals surface area contributed by atoms with Gasteiger partial charge in [-0.05, 0) is 46.2 Å². The molecule has 158 valence electrons. The first-order valence-corrected chi connectivity index (χ1v) is 9.60. The van der Waals surface area contributed by atoms with Gasteiger partial charge in [0.15, 0.2) is 5.41 Å². The van der Waals surface area contributed by atoms with Crippen LogP contribution in [-0.2, 0) is 19.9 Å². The number of rotatable bonds is 4. The Balaban J connectivity index is 2.08. The highest BCUT2D eigenvalue weighted by molar-refractivity contribution is 6.20. The number of amides is 1. The molecule has 2 aliphatic heterocycles. The molecule has 1 aromatic rings. The van der Waals surface area contributed by atoms with Crippen molar-refractivity contribution in [2.24, 2.45) is 31.9 Å². The van der Waals surface area contributed by atoms with Crippen LogP contribution in [0.5, 0.6) is 0 Å². The lowest BCUT2D eigenvalue weighted by atomic mass is 9.83. The Morgan fingerprint density at radius 2 is 1.74 bits per heavy atom. The standard InChI is InChI=1S/C21H21N7O3/c1-11(2)27-30-21(31-28-12(3)4)19(10-23)18(9-22,16(24)26-21)20(19)14-8-13(5)6-7-15(14)25-17(20)29/h6-8H,1-5H3,(H2,24,26)(H,25,29)/t18-,19+,20+/m1/s1. The lowest BCUT2D eigenvalue weighted by molar-refractivity contribution is -0.263. The van der Waals surface area contributed by atoms with E-state index in [-0.39, 0.29) is 5.84 Å². The summed E-state index contributed by atoms with van der Waals surface area (Å²) in [7, 11) is 0. The second-order valence-corrected chi connectivity index (χ2v) is 8.32. The molecule has 3 atom stereocenters. The van der Waals surface area contributed by atoms with Crippen LogP contribution in [0.25, 0.3) is 0 Å². The van der Waals surface area contributed by atoms with E-state index in [0.29, 0.717) is 22.7 Å². The molecule has 0 bridgehead atoms. The molecule has 0 aromatic heterocycles. The van der Waals surface area contributed by atoms with Crippen LogP contribution in [0, 0.1) is 40.4 Å². The van der Waals surface area contributed by atoms with Gasteiger partial charge in [0.05, 0.1) is 23.6 Å². The van der Waals surface area contributed by atoms with Crippen molar-refractivity contribution in [2.45, 2.75) is 45.9 Å². The molecule has 1 spiro atoms. The zero-order valence-corrected chi connectivity index (χ0v) is 17.8. The molecule has 2 heterocycles. The summed E-state index contributed by atoms with van der Waals surface area (Å²) < 4.78 is 0. The van der Waals surface area contributed by atoms with Crippen LogP contribution in [0.15, 0.2) is 33.5 Å². The van der Waals surface area contributed by atoms with Crippen LogP contribution in [0.2, 0.25) is 0 Å². The number of amidine groups is 1. The van der Waals surface area contributed by atoms with Gasteiger partial charge in [0, 0.05) is 5.69 Å². The van der Waals surface area contributed by atoms with Gasteiger partial charge in [0.25, 0.3) is 0 Å². The summed E-state index contributed by atoms with van der Waals surface area (Å²) in [5.74, 6) is -3.03. The third-order valence-electron chi connectivity index (χ3n) is 5.96. The van der Waals surface area contributed by atoms with Crippen molar-refractivity contribution in [1.82, 2.24) is 0 Å². The first kappa shape index (κ1) is 20.4. The van der Waals surface area contributed by atoms with Gasteiger partial charge in [-0.1, -0.05) is 28.0 Å². The number of anilines is 1. The largest absolute Gasteiger partial charge is 0.422 e. The van der Waals surface area contributed by atoms with Gasteiger partial charge < -0.3 is 20.7 Å². The highest BCUT2D eigenvalue weighted by Crippen LogP contribution is 2.87.